The van der Waals surface area contributed by atoms with Crippen LogP contribution in [0.15, 0.2) is 40.6 Å². The van der Waals surface area contributed by atoms with Gasteiger partial charge >= 0.3 is 0 Å². The van der Waals surface area contributed by atoms with Gasteiger partial charge in [-0.2, -0.15) is 4.31 Å². The van der Waals surface area contributed by atoms with Gasteiger partial charge in [-0.25, -0.2) is 8.42 Å². The van der Waals surface area contributed by atoms with E-state index in [2.05, 4.69) is 5.32 Å². The molecule has 0 fully saturated rings. The number of hydrogen-bond acceptors (Lipinski definition) is 4. The van der Waals surface area contributed by atoms with Crippen LogP contribution in [0.4, 0.5) is 0 Å². The maximum absolute atomic E-state index is 12.8. The van der Waals surface area contributed by atoms with Gasteiger partial charge in [-0.05, 0) is 30.5 Å². The zero-order valence-corrected chi connectivity index (χ0v) is 14.4. The Labute approximate surface area is 140 Å². The van der Waals surface area contributed by atoms with Crippen molar-refractivity contribution in [1.29, 1.82) is 0 Å². The molecule has 122 valence electrons. The molecule has 1 aliphatic heterocycles. The fraction of sp³-hybridized carbons (Fsp3) is 0.312. The normalized spacial score (nSPS) is 15.2. The number of hydrogen-bond donors (Lipinski definition) is 1. The van der Waals surface area contributed by atoms with E-state index in [-0.39, 0.29) is 10.8 Å². The summed E-state index contributed by atoms with van der Waals surface area (Å²) in [7, 11) is -3.57. The third-order valence-electron chi connectivity index (χ3n) is 3.87. The molecule has 1 amide bonds. The number of nitrogens with one attached hydrogen (secondary N) is 1. The van der Waals surface area contributed by atoms with E-state index in [0.717, 1.165) is 16.9 Å². The smallest absolute Gasteiger partial charge is 0.261 e. The topological polar surface area (TPSA) is 66.5 Å². The minimum Gasteiger partial charge on any atom is -0.352 e. The van der Waals surface area contributed by atoms with Crippen molar-refractivity contribution < 1.29 is 13.2 Å². The van der Waals surface area contributed by atoms with Crippen LogP contribution in [-0.4, -0.2) is 31.7 Å². The van der Waals surface area contributed by atoms with Crippen molar-refractivity contribution in [3.05, 3.63) is 51.7 Å². The highest BCUT2D eigenvalue weighted by molar-refractivity contribution is 7.89. The Morgan fingerprint density at radius 2 is 2.04 bits per heavy atom. The number of sulfonamides is 1. The fourth-order valence-electron chi connectivity index (χ4n) is 2.64. The molecule has 1 aromatic heterocycles. The molecule has 0 unspecified atom stereocenters. The Kier molecular flexibility index (Phi) is 4.52. The molecule has 0 spiro atoms. The first kappa shape index (κ1) is 16.2. The lowest BCUT2D eigenvalue weighted by atomic mass is 10.0. The van der Waals surface area contributed by atoms with Gasteiger partial charge in [0, 0.05) is 25.0 Å². The summed E-state index contributed by atoms with van der Waals surface area (Å²) in [5.41, 5.74) is 2.24. The number of rotatable bonds is 4. The average molecular weight is 350 g/mol. The molecule has 0 bridgehead atoms. The summed E-state index contributed by atoms with van der Waals surface area (Å²) in [5.74, 6) is -0.233. The van der Waals surface area contributed by atoms with Crippen LogP contribution in [0.2, 0.25) is 0 Å². The number of fused-ring (bicyclic) bond motifs is 1. The predicted molar refractivity (Wildman–Crippen MR) is 90.1 cm³/mol. The summed E-state index contributed by atoms with van der Waals surface area (Å²) in [5, 5.41) is 4.22. The highest BCUT2D eigenvalue weighted by atomic mass is 32.2. The second-order valence-corrected chi connectivity index (χ2v) is 8.21. The van der Waals surface area contributed by atoms with Gasteiger partial charge in [0.1, 0.15) is 0 Å². The first-order valence-electron chi connectivity index (χ1n) is 7.46. The van der Waals surface area contributed by atoms with Crippen molar-refractivity contribution >= 4 is 27.3 Å². The monoisotopic (exact) mass is 350 g/mol. The summed E-state index contributed by atoms with van der Waals surface area (Å²) in [6.07, 6.45) is 0.711. The molecule has 1 aromatic carbocycles. The molecule has 1 aliphatic rings. The van der Waals surface area contributed by atoms with Crippen LogP contribution in [0, 0.1) is 0 Å². The van der Waals surface area contributed by atoms with Crippen LogP contribution < -0.4 is 5.32 Å². The molecule has 5 nitrogen and oxygen atoms in total. The lowest BCUT2D eigenvalue weighted by Gasteiger charge is -2.27. The van der Waals surface area contributed by atoms with Crippen molar-refractivity contribution in [1.82, 2.24) is 9.62 Å². The maximum Gasteiger partial charge on any atom is 0.261 e. The lowest BCUT2D eigenvalue weighted by Crippen LogP contribution is -2.35. The Morgan fingerprint density at radius 1 is 1.30 bits per heavy atom. The third-order valence-corrected chi connectivity index (χ3v) is 6.77. The minimum atomic E-state index is -3.57. The van der Waals surface area contributed by atoms with Gasteiger partial charge in [0.05, 0.1) is 9.77 Å². The van der Waals surface area contributed by atoms with Crippen LogP contribution in [0.5, 0.6) is 0 Å². The van der Waals surface area contributed by atoms with Gasteiger partial charge in [0.25, 0.3) is 5.91 Å². The summed E-state index contributed by atoms with van der Waals surface area (Å²) < 4.78 is 27.1. The molecule has 2 heterocycles. The SMILES string of the molecule is CCNC(=O)c1cc(S(=O)(=O)N2CCc3ccccc3C2)cs1. The largest absolute Gasteiger partial charge is 0.352 e. The van der Waals surface area contributed by atoms with E-state index < -0.39 is 10.0 Å². The molecule has 0 atom stereocenters. The average Bonchev–Trinajstić information content (AvgIpc) is 3.05. The number of carbonyl (C=O) groups excluding carboxylic acids is 1. The van der Waals surface area contributed by atoms with E-state index in [1.165, 1.54) is 15.9 Å². The summed E-state index contributed by atoms with van der Waals surface area (Å²) in [6, 6.07) is 9.36. The van der Waals surface area contributed by atoms with Crippen LogP contribution in [0.1, 0.15) is 27.7 Å². The van der Waals surface area contributed by atoms with E-state index in [1.807, 2.05) is 31.2 Å². The Bertz CT molecular complexity index is 827. The van der Waals surface area contributed by atoms with Crippen LogP contribution in [-0.2, 0) is 23.0 Å². The molecule has 0 saturated carbocycles. The zero-order chi connectivity index (χ0) is 16.4. The lowest BCUT2D eigenvalue weighted by molar-refractivity contribution is 0.0959. The molecule has 7 heteroatoms. The number of nitrogens with zero attached hydrogens (tertiary/aromatic N) is 1. The Morgan fingerprint density at radius 3 is 2.78 bits per heavy atom. The van der Waals surface area contributed by atoms with E-state index >= 15 is 0 Å². The first-order chi connectivity index (χ1) is 11.0. The number of carbonyl (C=O) groups is 1. The van der Waals surface area contributed by atoms with Gasteiger partial charge in [-0.3, -0.25) is 4.79 Å². The molecule has 23 heavy (non-hydrogen) atoms. The summed E-state index contributed by atoms with van der Waals surface area (Å²) in [4.78, 5) is 12.4. The van der Waals surface area contributed by atoms with E-state index in [0.29, 0.717) is 30.9 Å². The van der Waals surface area contributed by atoms with E-state index in [1.54, 1.807) is 5.38 Å². The van der Waals surface area contributed by atoms with Gasteiger partial charge < -0.3 is 5.32 Å². The number of amides is 1. The van der Waals surface area contributed by atoms with Crippen LogP contribution >= 0.6 is 11.3 Å². The standard InChI is InChI=1S/C16H18N2O3S2/c1-2-17-16(19)15-9-14(11-22-15)23(20,21)18-8-7-12-5-3-4-6-13(12)10-18/h3-6,9,11H,2,7-8,10H2,1H3,(H,17,19). The Balaban J connectivity index is 1.84. The third kappa shape index (κ3) is 3.17. The van der Waals surface area contributed by atoms with Gasteiger partial charge in [0.2, 0.25) is 10.0 Å². The van der Waals surface area contributed by atoms with Crippen LogP contribution in [0.3, 0.4) is 0 Å². The van der Waals surface area contributed by atoms with E-state index in [9.17, 15) is 13.2 Å². The predicted octanol–water partition coefficient (Wildman–Crippen LogP) is 2.24. The molecule has 0 aliphatic carbocycles. The Hall–Kier alpha value is -1.70. The molecule has 0 radical (unpaired) electrons. The van der Waals surface area contributed by atoms with Crippen LogP contribution in [0.25, 0.3) is 0 Å². The molecule has 2 aromatic rings. The number of thiophene rings is 1. The molecule has 1 N–H and O–H groups in total. The zero-order valence-electron chi connectivity index (χ0n) is 12.8. The molecule has 3 rings (SSSR count). The van der Waals surface area contributed by atoms with Gasteiger partial charge in [0.15, 0.2) is 0 Å². The molecule has 0 saturated heterocycles. The summed E-state index contributed by atoms with van der Waals surface area (Å²) in [6.45, 7) is 3.19. The number of benzene rings is 1. The fourth-order valence-corrected chi connectivity index (χ4v) is 5.24. The van der Waals surface area contributed by atoms with Crippen molar-refractivity contribution in [3.8, 4) is 0 Å². The van der Waals surface area contributed by atoms with Gasteiger partial charge in [-0.1, -0.05) is 24.3 Å². The second-order valence-electron chi connectivity index (χ2n) is 5.36. The van der Waals surface area contributed by atoms with E-state index in [4.69, 9.17) is 0 Å². The molecular formula is C16H18N2O3S2. The highest BCUT2D eigenvalue weighted by Crippen LogP contribution is 2.27. The van der Waals surface area contributed by atoms with Crippen molar-refractivity contribution in [2.75, 3.05) is 13.1 Å². The van der Waals surface area contributed by atoms with Crippen molar-refractivity contribution in [3.63, 3.8) is 0 Å². The maximum atomic E-state index is 12.8. The first-order valence-corrected chi connectivity index (χ1v) is 9.78. The quantitative estimate of drug-likeness (QED) is 0.920. The second kappa shape index (κ2) is 6.43. The summed E-state index contributed by atoms with van der Waals surface area (Å²) >= 11 is 1.16. The van der Waals surface area contributed by atoms with Crippen molar-refractivity contribution in [2.45, 2.75) is 24.8 Å². The van der Waals surface area contributed by atoms with Crippen molar-refractivity contribution in [2.24, 2.45) is 0 Å². The highest BCUT2D eigenvalue weighted by Gasteiger charge is 2.29. The van der Waals surface area contributed by atoms with Gasteiger partial charge in [-0.15, -0.1) is 11.3 Å². The molecular weight excluding hydrogens is 332 g/mol. The minimum absolute atomic E-state index is 0.197.